The molecule has 1 fully saturated rings. The smallest absolute Gasteiger partial charge is 0.254 e. The van der Waals surface area contributed by atoms with E-state index < -0.39 is 26.6 Å². The third kappa shape index (κ3) is 3.41. The monoisotopic (exact) mass is 367 g/mol. The second-order valence-corrected chi connectivity index (χ2v) is 7.33. The van der Waals surface area contributed by atoms with Crippen molar-refractivity contribution in [3.63, 3.8) is 0 Å². The Labute approximate surface area is 144 Å². The van der Waals surface area contributed by atoms with Gasteiger partial charge in [0.25, 0.3) is 5.91 Å². The molecule has 3 rings (SSSR count). The molecule has 1 unspecified atom stereocenters. The summed E-state index contributed by atoms with van der Waals surface area (Å²) in [6, 6.07) is 2.88. The van der Waals surface area contributed by atoms with Crippen LogP contribution in [-0.2, 0) is 17.1 Å². The first-order valence-corrected chi connectivity index (χ1v) is 9.15. The maximum Gasteiger partial charge on any atom is 0.254 e. The normalized spacial score (nSPS) is 18.4. The second kappa shape index (κ2) is 6.54. The molecule has 1 aliphatic heterocycles. The van der Waals surface area contributed by atoms with Gasteiger partial charge in [0.1, 0.15) is 22.6 Å². The molecule has 1 aromatic carbocycles. The van der Waals surface area contributed by atoms with Crippen LogP contribution in [0.3, 0.4) is 0 Å². The van der Waals surface area contributed by atoms with E-state index in [1.807, 2.05) is 11.6 Å². The fourth-order valence-electron chi connectivity index (χ4n) is 2.91. The van der Waals surface area contributed by atoms with Crippen LogP contribution in [0, 0.1) is 5.82 Å². The van der Waals surface area contributed by atoms with E-state index in [-0.39, 0.29) is 11.6 Å². The number of carbonyl (C=O) groups is 1. The number of nitrogens with two attached hydrogens (primary N) is 1. The number of piperazine rings is 1. The van der Waals surface area contributed by atoms with Gasteiger partial charge in [-0.05, 0) is 18.2 Å². The Morgan fingerprint density at radius 3 is 2.80 bits per heavy atom. The van der Waals surface area contributed by atoms with Crippen LogP contribution in [0.1, 0.15) is 22.2 Å². The largest absolute Gasteiger partial charge is 0.336 e. The average Bonchev–Trinajstić information content (AvgIpc) is 2.99. The Bertz CT molecular complexity index is 912. The number of aryl methyl sites for hydroxylation is 1. The van der Waals surface area contributed by atoms with Crippen molar-refractivity contribution in [1.82, 2.24) is 19.8 Å². The summed E-state index contributed by atoms with van der Waals surface area (Å²) < 4.78 is 38.5. The van der Waals surface area contributed by atoms with Crippen LogP contribution >= 0.6 is 0 Å². The van der Waals surface area contributed by atoms with Gasteiger partial charge in [-0.1, -0.05) is 0 Å². The van der Waals surface area contributed by atoms with Gasteiger partial charge in [0.05, 0.1) is 0 Å². The second-order valence-electron chi connectivity index (χ2n) is 5.81. The molecule has 1 saturated heterocycles. The third-order valence-electron chi connectivity index (χ3n) is 4.15. The zero-order chi connectivity index (χ0) is 18.2. The lowest BCUT2D eigenvalue weighted by Gasteiger charge is -2.35. The molecule has 8 nitrogen and oxygen atoms in total. The first kappa shape index (κ1) is 17.5. The van der Waals surface area contributed by atoms with Gasteiger partial charge >= 0.3 is 0 Å². The summed E-state index contributed by atoms with van der Waals surface area (Å²) in [5.41, 5.74) is 0.0611. The number of aromatic nitrogens is 2. The summed E-state index contributed by atoms with van der Waals surface area (Å²) in [6.45, 7) is 1.55. The Morgan fingerprint density at radius 2 is 2.20 bits per heavy atom. The number of hydrogen-bond donors (Lipinski definition) is 2. The number of nitrogens with one attached hydrogen (secondary N) is 1. The number of imidazole rings is 1. The molecule has 1 atom stereocenters. The Balaban J connectivity index is 1.93. The van der Waals surface area contributed by atoms with Gasteiger partial charge in [-0.2, -0.15) is 0 Å². The molecule has 2 heterocycles. The maximum atomic E-state index is 14.0. The third-order valence-corrected chi connectivity index (χ3v) is 5.09. The van der Waals surface area contributed by atoms with Crippen molar-refractivity contribution >= 4 is 15.9 Å². The number of amides is 1. The van der Waals surface area contributed by atoms with E-state index in [1.165, 1.54) is 6.07 Å². The molecule has 0 bridgehead atoms. The molecule has 0 radical (unpaired) electrons. The van der Waals surface area contributed by atoms with Crippen molar-refractivity contribution in [3.05, 3.63) is 47.8 Å². The minimum Gasteiger partial charge on any atom is -0.336 e. The molecule has 1 aliphatic rings. The van der Waals surface area contributed by atoms with Gasteiger partial charge < -0.3 is 14.8 Å². The van der Waals surface area contributed by atoms with E-state index in [1.54, 1.807) is 17.3 Å². The van der Waals surface area contributed by atoms with Gasteiger partial charge in [-0.3, -0.25) is 4.79 Å². The Kier molecular flexibility index (Phi) is 4.58. The summed E-state index contributed by atoms with van der Waals surface area (Å²) >= 11 is 0. The lowest BCUT2D eigenvalue weighted by Crippen LogP contribution is -2.49. The van der Waals surface area contributed by atoms with Crippen molar-refractivity contribution in [2.45, 2.75) is 10.9 Å². The van der Waals surface area contributed by atoms with Crippen molar-refractivity contribution in [3.8, 4) is 0 Å². The van der Waals surface area contributed by atoms with Crippen LogP contribution in [0.5, 0.6) is 0 Å². The molecular weight excluding hydrogens is 349 g/mol. The van der Waals surface area contributed by atoms with Gasteiger partial charge in [-0.25, -0.2) is 22.9 Å². The fraction of sp³-hybridized carbons (Fsp3) is 0.333. The molecule has 2 aromatic rings. The molecule has 1 aromatic heterocycles. The van der Waals surface area contributed by atoms with Gasteiger partial charge in [0.2, 0.25) is 10.0 Å². The molecule has 0 spiro atoms. The van der Waals surface area contributed by atoms with Crippen LogP contribution in [-0.4, -0.2) is 48.4 Å². The van der Waals surface area contributed by atoms with Crippen molar-refractivity contribution in [2.75, 3.05) is 19.6 Å². The first-order valence-electron chi connectivity index (χ1n) is 7.60. The molecule has 10 heteroatoms. The van der Waals surface area contributed by atoms with Gasteiger partial charge in [-0.15, -0.1) is 0 Å². The maximum absolute atomic E-state index is 14.0. The lowest BCUT2D eigenvalue weighted by atomic mass is 10.1. The summed E-state index contributed by atoms with van der Waals surface area (Å²) in [5, 5.41) is 8.16. The van der Waals surface area contributed by atoms with Gasteiger partial charge in [0, 0.05) is 44.6 Å². The zero-order valence-corrected chi connectivity index (χ0v) is 14.3. The van der Waals surface area contributed by atoms with Crippen molar-refractivity contribution in [1.29, 1.82) is 0 Å². The minimum atomic E-state index is -4.18. The highest BCUT2D eigenvalue weighted by molar-refractivity contribution is 7.89. The van der Waals surface area contributed by atoms with Crippen molar-refractivity contribution < 1.29 is 17.6 Å². The number of nitrogens with zero attached hydrogens (tertiary/aromatic N) is 3. The van der Waals surface area contributed by atoms with E-state index in [4.69, 9.17) is 5.14 Å². The van der Waals surface area contributed by atoms with Crippen LogP contribution in [0.4, 0.5) is 4.39 Å². The quantitative estimate of drug-likeness (QED) is 0.793. The number of sulfonamides is 1. The molecule has 1 amide bonds. The van der Waals surface area contributed by atoms with Crippen molar-refractivity contribution in [2.24, 2.45) is 12.2 Å². The molecule has 0 saturated carbocycles. The lowest BCUT2D eigenvalue weighted by molar-refractivity contribution is 0.0620. The highest BCUT2D eigenvalue weighted by Gasteiger charge is 2.31. The highest BCUT2D eigenvalue weighted by atomic mass is 32.2. The number of halogens is 1. The summed E-state index contributed by atoms with van der Waals surface area (Å²) in [7, 11) is -2.34. The zero-order valence-electron chi connectivity index (χ0n) is 13.5. The van der Waals surface area contributed by atoms with E-state index in [2.05, 4.69) is 10.3 Å². The molecule has 0 aliphatic carbocycles. The molecule has 3 N–H and O–H groups in total. The summed E-state index contributed by atoms with van der Waals surface area (Å²) in [4.78, 5) is 18.1. The Morgan fingerprint density at radius 1 is 1.44 bits per heavy atom. The standard InChI is InChI=1S/C15H18FN5O3S/c1-20-6-5-19-14(20)12-9-18-4-7-21(12)15(22)10-2-3-13(11(16)8-10)25(17,23)24/h2-3,5-6,8,12,18H,4,7,9H2,1H3,(H2,17,23,24). The number of primary sulfonamides is 1. The van der Waals surface area contributed by atoms with Gasteiger partial charge in [0.15, 0.2) is 0 Å². The average molecular weight is 367 g/mol. The van der Waals surface area contributed by atoms with Crippen LogP contribution in [0.2, 0.25) is 0 Å². The van der Waals surface area contributed by atoms with E-state index in [9.17, 15) is 17.6 Å². The molecular formula is C15H18FN5O3S. The number of rotatable bonds is 3. The van der Waals surface area contributed by atoms with Crippen LogP contribution in [0.25, 0.3) is 0 Å². The predicted molar refractivity (Wildman–Crippen MR) is 87.6 cm³/mol. The molecule has 134 valence electrons. The van der Waals surface area contributed by atoms with E-state index in [0.29, 0.717) is 25.5 Å². The number of benzene rings is 1. The van der Waals surface area contributed by atoms with Crippen LogP contribution < -0.4 is 10.5 Å². The summed E-state index contributed by atoms with van der Waals surface area (Å²) in [6.07, 6.45) is 3.43. The highest BCUT2D eigenvalue weighted by Crippen LogP contribution is 2.24. The fourth-order valence-corrected chi connectivity index (χ4v) is 3.50. The van der Waals surface area contributed by atoms with E-state index >= 15 is 0 Å². The number of carbonyl (C=O) groups excluding carboxylic acids is 1. The molecule has 25 heavy (non-hydrogen) atoms. The van der Waals surface area contributed by atoms with Crippen LogP contribution in [0.15, 0.2) is 35.5 Å². The number of hydrogen-bond acceptors (Lipinski definition) is 5. The Hall–Kier alpha value is -2.30. The topological polar surface area (TPSA) is 110 Å². The summed E-state index contributed by atoms with van der Waals surface area (Å²) in [5.74, 6) is -0.728. The SMILES string of the molecule is Cn1ccnc1C1CNCCN1C(=O)c1ccc(S(N)(=O)=O)c(F)c1. The first-order chi connectivity index (χ1) is 11.8. The predicted octanol–water partition coefficient (Wildman–Crippen LogP) is -0.00670. The minimum absolute atomic E-state index is 0.0611. The van der Waals surface area contributed by atoms with E-state index in [0.717, 1.165) is 12.1 Å².